The van der Waals surface area contributed by atoms with Crippen molar-refractivity contribution in [2.75, 3.05) is 13.1 Å². The van der Waals surface area contributed by atoms with Gasteiger partial charge in [-0.15, -0.1) is 0 Å². The molecule has 1 aliphatic heterocycles. The molecule has 2 fully saturated rings. The molecule has 0 unspecified atom stereocenters. The van der Waals surface area contributed by atoms with Crippen LogP contribution in [0, 0.1) is 5.92 Å². The fraction of sp³-hybridized carbons (Fsp3) is 0.435. The summed E-state index contributed by atoms with van der Waals surface area (Å²) in [4.78, 5) is 13.1. The van der Waals surface area contributed by atoms with E-state index in [1.54, 1.807) is 28.6 Å². The van der Waals surface area contributed by atoms with Crippen LogP contribution in [0.15, 0.2) is 59.5 Å². The van der Waals surface area contributed by atoms with E-state index in [0.29, 0.717) is 24.6 Å². The van der Waals surface area contributed by atoms with Gasteiger partial charge in [0, 0.05) is 18.7 Å². The number of nitrogens with zero attached hydrogens (tertiary/aromatic N) is 1. The first-order valence-corrected chi connectivity index (χ1v) is 11.8. The molecule has 1 aliphatic carbocycles. The first-order chi connectivity index (χ1) is 13.9. The second kappa shape index (κ2) is 7.92. The number of amides is 1. The minimum atomic E-state index is -3.50. The third-order valence-corrected chi connectivity index (χ3v) is 8.30. The molecule has 2 aliphatic rings. The quantitative estimate of drug-likeness (QED) is 0.810. The van der Waals surface area contributed by atoms with Crippen LogP contribution in [-0.4, -0.2) is 31.7 Å². The maximum absolute atomic E-state index is 12.9. The van der Waals surface area contributed by atoms with Gasteiger partial charge in [-0.25, -0.2) is 8.42 Å². The van der Waals surface area contributed by atoms with E-state index in [0.717, 1.165) is 37.7 Å². The number of sulfonamides is 1. The Balaban J connectivity index is 1.48. The molecule has 1 N–H and O–H groups in total. The molecule has 29 heavy (non-hydrogen) atoms. The summed E-state index contributed by atoms with van der Waals surface area (Å²) in [6.45, 7) is 3.28. The topological polar surface area (TPSA) is 66.5 Å². The standard InChI is InChI=1S/C23H28N2O3S/c1-18-12-16-25(17-13-18)29(27,28)21-10-8-19(9-11-21)22(26)24-23(14-5-15-23)20-6-3-2-4-7-20/h2-4,6-11,18H,5,12-17H2,1H3,(H,24,26). The van der Waals surface area contributed by atoms with Crippen molar-refractivity contribution >= 4 is 15.9 Å². The molecule has 154 valence electrons. The minimum Gasteiger partial charge on any atom is -0.343 e. The number of hydrogen-bond acceptors (Lipinski definition) is 3. The second-order valence-corrected chi connectivity index (χ2v) is 10.3. The van der Waals surface area contributed by atoms with Crippen molar-refractivity contribution < 1.29 is 13.2 Å². The summed E-state index contributed by atoms with van der Waals surface area (Å²) in [5.41, 5.74) is 1.30. The van der Waals surface area contributed by atoms with Gasteiger partial charge in [0.25, 0.3) is 5.91 Å². The van der Waals surface area contributed by atoms with Gasteiger partial charge in [0.1, 0.15) is 0 Å². The van der Waals surface area contributed by atoms with Crippen molar-refractivity contribution in [1.82, 2.24) is 9.62 Å². The highest BCUT2D eigenvalue weighted by Crippen LogP contribution is 2.41. The van der Waals surface area contributed by atoms with E-state index < -0.39 is 10.0 Å². The van der Waals surface area contributed by atoms with Gasteiger partial charge in [0.2, 0.25) is 10.0 Å². The molecule has 5 nitrogen and oxygen atoms in total. The number of piperidine rings is 1. The molecule has 0 radical (unpaired) electrons. The predicted molar refractivity (Wildman–Crippen MR) is 113 cm³/mol. The fourth-order valence-electron chi connectivity index (χ4n) is 4.22. The van der Waals surface area contributed by atoms with Crippen LogP contribution in [0.25, 0.3) is 0 Å². The number of nitrogens with one attached hydrogen (secondary N) is 1. The van der Waals surface area contributed by atoms with Gasteiger partial charge in [-0.1, -0.05) is 37.3 Å². The Morgan fingerprint density at radius 3 is 2.17 bits per heavy atom. The SMILES string of the molecule is CC1CCN(S(=O)(=O)c2ccc(C(=O)NC3(c4ccccc4)CCC3)cc2)CC1. The third-order valence-electron chi connectivity index (χ3n) is 6.38. The summed E-state index contributed by atoms with van der Waals surface area (Å²) in [7, 11) is -3.50. The zero-order valence-corrected chi connectivity index (χ0v) is 17.6. The number of carbonyl (C=O) groups excluding carboxylic acids is 1. The van der Waals surface area contributed by atoms with E-state index >= 15 is 0 Å². The summed E-state index contributed by atoms with van der Waals surface area (Å²) < 4.78 is 27.3. The van der Waals surface area contributed by atoms with Crippen molar-refractivity contribution in [2.24, 2.45) is 5.92 Å². The summed E-state index contributed by atoms with van der Waals surface area (Å²) in [5, 5.41) is 3.19. The van der Waals surface area contributed by atoms with E-state index in [4.69, 9.17) is 0 Å². The van der Waals surface area contributed by atoms with Crippen molar-refractivity contribution in [3.63, 3.8) is 0 Å². The molecular weight excluding hydrogens is 384 g/mol. The molecule has 1 saturated carbocycles. The maximum atomic E-state index is 12.9. The van der Waals surface area contributed by atoms with Crippen molar-refractivity contribution in [3.8, 4) is 0 Å². The molecule has 0 spiro atoms. The maximum Gasteiger partial charge on any atom is 0.251 e. The van der Waals surface area contributed by atoms with E-state index in [2.05, 4.69) is 24.4 Å². The van der Waals surface area contributed by atoms with Gasteiger partial charge < -0.3 is 5.32 Å². The number of hydrogen-bond donors (Lipinski definition) is 1. The monoisotopic (exact) mass is 412 g/mol. The lowest BCUT2D eigenvalue weighted by Gasteiger charge is -2.43. The predicted octanol–water partition coefficient (Wildman–Crippen LogP) is 3.92. The summed E-state index contributed by atoms with van der Waals surface area (Å²) in [6, 6.07) is 16.4. The Bertz CT molecular complexity index is 959. The molecule has 1 amide bonds. The molecule has 2 aromatic rings. The zero-order chi connectivity index (χ0) is 20.5. The van der Waals surface area contributed by atoms with Crippen LogP contribution in [0.2, 0.25) is 0 Å². The van der Waals surface area contributed by atoms with Crippen LogP contribution in [0.3, 0.4) is 0 Å². The van der Waals surface area contributed by atoms with E-state index in [1.165, 1.54) is 0 Å². The summed E-state index contributed by atoms with van der Waals surface area (Å²) in [6.07, 6.45) is 4.70. The molecule has 1 saturated heterocycles. The number of carbonyl (C=O) groups is 1. The zero-order valence-electron chi connectivity index (χ0n) is 16.8. The van der Waals surface area contributed by atoms with E-state index in [9.17, 15) is 13.2 Å². The second-order valence-electron chi connectivity index (χ2n) is 8.37. The normalized spacial score (nSPS) is 20.0. The lowest BCUT2D eigenvalue weighted by molar-refractivity contribution is 0.0823. The van der Waals surface area contributed by atoms with Gasteiger partial charge in [0.15, 0.2) is 0 Å². The first kappa shape index (κ1) is 20.1. The molecule has 1 heterocycles. The number of benzene rings is 2. The van der Waals surface area contributed by atoms with Gasteiger partial charge in [-0.3, -0.25) is 4.79 Å². The van der Waals surface area contributed by atoms with Gasteiger partial charge in [-0.2, -0.15) is 4.31 Å². The van der Waals surface area contributed by atoms with Crippen molar-refractivity contribution in [1.29, 1.82) is 0 Å². The molecule has 6 heteroatoms. The van der Waals surface area contributed by atoms with Crippen LogP contribution < -0.4 is 5.32 Å². The third kappa shape index (κ3) is 3.96. The van der Waals surface area contributed by atoms with E-state index in [1.807, 2.05) is 18.2 Å². The molecule has 4 rings (SSSR count). The summed E-state index contributed by atoms with van der Waals surface area (Å²) >= 11 is 0. The lowest BCUT2D eigenvalue weighted by atomic mass is 9.71. The Morgan fingerprint density at radius 1 is 1.00 bits per heavy atom. The van der Waals surface area contributed by atoms with Crippen LogP contribution in [0.4, 0.5) is 0 Å². The largest absolute Gasteiger partial charge is 0.343 e. The highest BCUT2D eigenvalue weighted by Gasteiger charge is 2.40. The Kier molecular flexibility index (Phi) is 5.49. The van der Waals surface area contributed by atoms with Crippen LogP contribution in [-0.2, 0) is 15.6 Å². The average molecular weight is 413 g/mol. The highest BCUT2D eigenvalue weighted by molar-refractivity contribution is 7.89. The van der Waals surface area contributed by atoms with Crippen molar-refractivity contribution in [3.05, 3.63) is 65.7 Å². The van der Waals surface area contributed by atoms with Gasteiger partial charge in [0.05, 0.1) is 10.4 Å². The smallest absolute Gasteiger partial charge is 0.251 e. The number of rotatable bonds is 5. The summed E-state index contributed by atoms with van der Waals surface area (Å²) in [5.74, 6) is 0.403. The van der Waals surface area contributed by atoms with Crippen molar-refractivity contribution in [2.45, 2.75) is 49.5 Å². The van der Waals surface area contributed by atoms with Crippen LogP contribution in [0.1, 0.15) is 54.9 Å². The molecule has 0 bridgehead atoms. The molecule has 0 atom stereocenters. The highest BCUT2D eigenvalue weighted by atomic mass is 32.2. The molecular formula is C23H28N2O3S. The fourth-order valence-corrected chi connectivity index (χ4v) is 5.69. The van der Waals surface area contributed by atoms with Gasteiger partial charge in [-0.05, 0) is 67.9 Å². The average Bonchev–Trinajstić information content (AvgIpc) is 2.71. The lowest BCUT2D eigenvalue weighted by Crippen LogP contribution is -2.50. The van der Waals surface area contributed by atoms with Gasteiger partial charge >= 0.3 is 0 Å². The Labute approximate surface area is 173 Å². The first-order valence-electron chi connectivity index (χ1n) is 10.4. The van der Waals surface area contributed by atoms with Crippen LogP contribution >= 0.6 is 0 Å². The van der Waals surface area contributed by atoms with Crippen LogP contribution in [0.5, 0.6) is 0 Å². The minimum absolute atomic E-state index is 0.163. The Hall–Kier alpha value is -2.18. The Morgan fingerprint density at radius 2 is 1.62 bits per heavy atom. The molecule has 0 aromatic heterocycles. The van der Waals surface area contributed by atoms with E-state index in [-0.39, 0.29) is 16.3 Å². The molecule has 2 aromatic carbocycles.